The number of aliphatic carboxylic acids is 1. The van der Waals surface area contributed by atoms with Gasteiger partial charge in [0.2, 0.25) is 5.91 Å². The van der Waals surface area contributed by atoms with Gasteiger partial charge in [-0.1, -0.05) is 18.2 Å². The van der Waals surface area contributed by atoms with Crippen molar-refractivity contribution in [1.29, 1.82) is 0 Å². The average molecular weight is 336 g/mol. The Kier molecular flexibility index (Phi) is 3.46. The van der Waals surface area contributed by atoms with Crippen LogP contribution in [0.5, 0.6) is 5.75 Å². The van der Waals surface area contributed by atoms with Crippen LogP contribution in [-0.2, 0) is 22.6 Å². The molecular formula is C19H16N2O4. The van der Waals surface area contributed by atoms with Gasteiger partial charge in [0.1, 0.15) is 12.3 Å². The average Bonchev–Trinajstić information content (AvgIpc) is 2.78. The summed E-state index contributed by atoms with van der Waals surface area (Å²) in [4.78, 5) is 23.8. The zero-order valence-electron chi connectivity index (χ0n) is 13.6. The fourth-order valence-electron chi connectivity index (χ4n) is 3.47. The summed E-state index contributed by atoms with van der Waals surface area (Å²) in [6.07, 6.45) is 0.181. The highest BCUT2D eigenvalue weighted by atomic mass is 16.5. The Balaban J connectivity index is 2.12. The molecule has 0 fully saturated rings. The first-order chi connectivity index (χ1) is 12.1. The number of nitrogens with one attached hydrogen (secondary N) is 1. The maximum atomic E-state index is 12.4. The molecule has 0 saturated carbocycles. The summed E-state index contributed by atoms with van der Waals surface area (Å²) >= 11 is 0. The van der Waals surface area contributed by atoms with E-state index in [1.807, 2.05) is 36.4 Å². The third-order valence-corrected chi connectivity index (χ3v) is 4.46. The van der Waals surface area contributed by atoms with Crippen molar-refractivity contribution in [2.75, 3.05) is 12.4 Å². The van der Waals surface area contributed by atoms with Crippen LogP contribution < -0.4 is 10.1 Å². The molecule has 3 aromatic rings. The highest BCUT2D eigenvalue weighted by Gasteiger charge is 2.26. The van der Waals surface area contributed by atoms with Gasteiger partial charge in [0.25, 0.3) is 0 Å². The maximum Gasteiger partial charge on any atom is 0.323 e. The molecule has 1 aliphatic heterocycles. The molecule has 25 heavy (non-hydrogen) atoms. The molecule has 0 unspecified atom stereocenters. The van der Waals surface area contributed by atoms with Gasteiger partial charge in [-0.05, 0) is 29.8 Å². The second-order valence-corrected chi connectivity index (χ2v) is 5.96. The van der Waals surface area contributed by atoms with Crippen molar-refractivity contribution in [3.8, 4) is 17.0 Å². The fraction of sp³-hybridized carbons (Fsp3) is 0.158. The minimum absolute atomic E-state index is 0.122. The molecule has 6 heteroatoms. The normalized spacial score (nSPS) is 12.9. The Morgan fingerprint density at radius 3 is 2.84 bits per heavy atom. The first kappa shape index (κ1) is 15.3. The van der Waals surface area contributed by atoms with E-state index < -0.39 is 5.97 Å². The summed E-state index contributed by atoms with van der Waals surface area (Å²) in [7, 11) is 1.58. The van der Waals surface area contributed by atoms with E-state index in [-0.39, 0.29) is 18.9 Å². The van der Waals surface area contributed by atoms with Gasteiger partial charge in [0.05, 0.1) is 24.9 Å². The van der Waals surface area contributed by atoms with Crippen molar-refractivity contribution in [2.24, 2.45) is 0 Å². The molecular weight excluding hydrogens is 320 g/mol. The van der Waals surface area contributed by atoms with E-state index in [9.17, 15) is 14.7 Å². The second-order valence-electron chi connectivity index (χ2n) is 5.96. The molecule has 0 spiro atoms. The third kappa shape index (κ3) is 2.42. The molecule has 0 bridgehead atoms. The quantitative estimate of drug-likeness (QED) is 0.771. The molecule has 2 aromatic carbocycles. The van der Waals surface area contributed by atoms with Crippen molar-refractivity contribution >= 4 is 28.5 Å². The van der Waals surface area contributed by atoms with Crippen LogP contribution in [0.2, 0.25) is 0 Å². The lowest BCUT2D eigenvalue weighted by atomic mass is 10.0. The van der Waals surface area contributed by atoms with Crippen molar-refractivity contribution in [2.45, 2.75) is 13.0 Å². The van der Waals surface area contributed by atoms with Crippen LogP contribution in [0.3, 0.4) is 0 Å². The first-order valence-electron chi connectivity index (χ1n) is 7.88. The SMILES string of the molecule is COc1ccc2c(c1)c1c(n2CC(=O)O)-c2ccccc2NC(=O)C1. The second kappa shape index (κ2) is 5.66. The number of hydrogen-bond acceptors (Lipinski definition) is 3. The molecule has 0 saturated heterocycles. The third-order valence-electron chi connectivity index (χ3n) is 4.46. The predicted octanol–water partition coefficient (Wildman–Crippen LogP) is 2.90. The molecule has 0 radical (unpaired) electrons. The molecule has 0 aliphatic carbocycles. The molecule has 0 atom stereocenters. The number of aromatic nitrogens is 1. The van der Waals surface area contributed by atoms with Crippen molar-refractivity contribution < 1.29 is 19.4 Å². The summed E-state index contributed by atoms with van der Waals surface area (Å²) in [5.74, 6) is -0.388. The minimum atomic E-state index is -0.934. The number of para-hydroxylation sites is 1. The molecule has 1 aliphatic rings. The molecule has 6 nitrogen and oxygen atoms in total. The van der Waals surface area contributed by atoms with Crippen LogP contribution in [0.25, 0.3) is 22.2 Å². The molecule has 1 amide bonds. The lowest BCUT2D eigenvalue weighted by Gasteiger charge is -2.12. The van der Waals surface area contributed by atoms with Crippen LogP contribution in [0.1, 0.15) is 5.56 Å². The number of anilines is 1. The summed E-state index contributed by atoms with van der Waals surface area (Å²) in [5, 5.41) is 13.1. The number of ether oxygens (including phenoxy) is 1. The summed E-state index contributed by atoms with van der Waals surface area (Å²) in [6.45, 7) is -0.180. The highest BCUT2D eigenvalue weighted by molar-refractivity contribution is 6.06. The molecule has 1 aromatic heterocycles. The van der Waals surface area contributed by atoms with Gasteiger partial charge in [-0.25, -0.2) is 0 Å². The van der Waals surface area contributed by atoms with Gasteiger partial charge in [-0.3, -0.25) is 9.59 Å². The van der Waals surface area contributed by atoms with E-state index in [0.717, 1.165) is 27.7 Å². The lowest BCUT2D eigenvalue weighted by molar-refractivity contribution is -0.137. The van der Waals surface area contributed by atoms with Gasteiger partial charge in [-0.15, -0.1) is 0 Å². The zero-order chi connectivity index (χ0) is 17.6. The van der Waals surface area contributed by atoms with Crippen molar-refractivity contribution in [3.63, 3.8) is 0 Å². The number of carboxylic acids is 1. The number of hydrogen-bond donors (Lipinski definition) is 2. The number of fused-ring (bicyclic) bond motifs is 5. The van der Waals surface area contributed by atoms with E-state index >= 15 is 0 Å². The smallest absolute Gasteiger partial charge is 0.323 e. The van der Waals surface area contributed by atoms with E-state index in [1.54, 1.807) is 17.7 Å². The molecule has 126 valence electrons. The highest BCUT2D eigenvalue weighted by Crippen LogP contribution is 2.40. The van der Waals surface area contributed by atoms with E-state index in [1.165, 1.54) is 0 Å². The number of nitrogens with zero attached hydrogens (tertiary/aromatic N) is 1. The summed E-state index contributed by atoms with van der Waals surface area (Å²) in [5.41, 5.74) is 3.86. The lowest BCUT2D eigenvalue weighted by Crippen LogP contribution is -2.12. The van der Waals surface area contributed by atoms with E-state index in [2.05, 4.69) is 5.32 Å². The predicted molar refractivity (Wildman–Crippen MR) is 93.9 cm³/mol. The topological polar surface area (TPSA) is 80.6 Å². The molecule has 4 rings (SSSR count). The Morgan fingerprint density at radius 1 is 1.28 bits per heavy atom. The zero-order valence-corrected chi connectivity index (χ0v) is 13.6. The van der Waals surface area contributed by atoms with Crippen LogP contribution >= 0.6 is 0 Å². The van der Waals surface area contributed by atoms with Crippen molar-refractivity contribution in [3.05, 3.63) is 48.0 Å². The van der Waals surface area contributed by atoms with Crippen molar-refractivity contribution in [1.82, 2.24) is 4.57 Å². The van der Waals surface area contributed by atoms with Gasteiger partial charge < -0.3 is 19.7 Å². The van der Waals surface area contributed by atoms with E-state index in [0.29, 0.717) is 11.4 Å². The van der Waals surface area contributed by atoms with Crippen LogP contribution in [0, 0.1) is 0 Å². The van der Waals surface area contributed by atoms with Gasteiger partial charge in [0, 0.05) is 16.5 Å². The Labute approximate surface area is 143 Å². The number of carboxylic acid groups (broad SMARTS) is 1. The standard InChI is InChI=1S/C19H16N2O4/c1-25-11-6-7-16-13(8-11)14-9-17(22)20-15-5-3-2-4-12(15)19(14)21(16)10-18(23)24/h2-8H,9-10H2,1H3,(H,20,22)(H,23,24). The fourth-order valence-corrected chi connectivity index (χ4v) is 3.47. The Hall–Kier alpha value is -3.28. The molecule has 2 heterocycles. The van der Waals surface area contributed by atoms with Crippen LogP contribution in [0.4, 0.5) is 5.69 Å². The summed E-state index contributed by atoms with van der Waals surface area (Å²) < 4.78 is 7.06. The molecule has 2 N–H and O–H groups in total. The number of amides is 1. The van der Waals surface area contributed by atoms with Crippen LogP contribution in [0.15, 0.2) is 42.5 Å². The van der Waals surface area contributed by atoms with Gasteiger partial charge >= 0.3 is 5.97 Å². The van der Waals surface area contributed by atoms with E-state index in [4.69, 9.17) is 4.74 Å². The van der Waals surface area contributed by atoms with Crippen LogP contribution in [-0.4, -0.2) is 28.7 Å². The number of carbonyl (C=O) groups is 2. The Morgan fingerprint density at radius 2 is 2.08 bits per heavy atom. The van der Waals surface area contributed by atoms with Gasteiger partial charge in [-0.2, -0.15) is 0 Å². The Bertz CT molecular complexity index is 1020. The minimum Gasteiger partial charge on any atom is -0.497 e. The number of rotatable bonds is 3. The largest absolute Gasteiger partial charge is 0.497 e. The maximum absolute atomic E-state index is 12.4. The summed E-state index contributed by atoms with van der Waals surface area (Å²) in [6, 6.07) is 12.9. The number of benzene rings is 2. The van der Waals surface area contributed by atoms with Gasteiger partial charge in [0.15, 0.2) is 0 Å². The monoisotopic (exact) mass is 336 g/mol. The number of carbonyl (C=O) groups excluding carboxylic acids is 1. The first-order valence-corrected chi connectivity index (χ1v) is 7.88. The number of methoxy groups -OCH3 is 1.